The van der Waals surface area contributed by atoms with Gasteiger partial charge in [0.1, 0.15) is 42.5 Å². The molecular weight excluding hydrogens is 1290 g/mol. The minimum Gasteiger partial charge on any atom is -0.504 e. The minimum atomic E-state index is -4.44. The Morgan fingerprint density at radius 1 is 0.708 bits per heavy atom. The highest BCUT2D eigenvalue weighted by Crippen LogP contribution is 2.42. The molecule has 6 aliphatic heterocycles. The molecule has 2 aromatic heterocycles. The number of phenols is 1. The van der Waals surface area contributed by atoms with Crippen LogP contribution in [0.4, 0.5) is 34.9 Å². The average molecular weight is 1360 g/mol. The van der Waals surface area contributed by atoms with Crippen LogP contribution >= 0.6 is 15.9 Å². The molecule has 24 heteroatoms. The van der Waals surface area contributed by atoms with Crippen molar-refractivity contribution in [3.05, 3.63) is 225 Å². The number of carbonyl (C=O) groups excluding carboxylic acids is 2. The molecule has 0 bridgehead atoms. The monoisotopic (exact) mass is 1360 g/mol. The van der Waals surface area contributed by atoms with Gasteiger partial charge in [0, 0.05) is 96.1 Å². The van der Waals surface area contributed by atoms with Gasteiger partial charge >= 0.3 is 6.18 Å². The number of carbonyl (C=O) groups is 2. The van der Waals surface area contributed by atoms with Gasteiger partial charge in [-0.1, -0.05) is 88.7 Å². The first-order valence-electron chi connectivity index (χ1n) is 30.8. The summed E-state index contributed by atoms with van der Waals surface area (Å²) in [6.07, 6.45) is 4.38. The smallest absolute Gasteiger partial charge is 0.416 e. The van der Waals surface area contributed by atoms with E-state index in [-0.39, 0.29) is 48.1 Å². The third-order valence-electron chi connectivity index (χ3n) is 17.2. The Morgan fingerprint density at radius 2 is 1.33 bits per heavy atom. The number of fused-ring (bicyclic) bond motifs is 4. The van der Waals surface area contributed by atoms with E-state index in [1.807, 2.05) is 140 Å². The summed E-state index contributed by atoms with van der Waals surface area (Å²) in [6.45, 7) is 2.85. The normalized spacial score (nSPS) is 18.1. The van der Waals surface area contributed by atoms with Crippen molar-refractivity contribution in [1.82, 2.24) is 24.8 Å². The summed E-state index contributed by atoms with van der Waals surface area (Å²) in [5.74, 6) is 1.53. The van der Waals surface area contributed by atoms with E-state index >= 15 is 4.39 Å². The van der Waals surface area contributed by atoms with Gasteiger partial charge in [0.15, 0.2) is 11.5 Å². The van der Waals surface area contributed by atoms with Gasteiger partial charge in [0.05, 0.1) is 55.0 Å². The summed E-state index contributed by atoms with van der Waals surface area (Å²) >= 11 is 3.48. The number of rotatable bonds is 12. The third-order valence-corrected chi connectivity index (χ3v) is 17.7. The van der Waals surface area contributed by atoms with E-state index in [4.69, 9.17) is 26.2 Å². The number of ether oxygens (including phenoxy) is 1. The highest BCUT2D eigenvalue weighted by atomic mass is 79.9. The fourth-order valence-electron chi connectivity index (χ4n) is 12.4. The molecule has 0 fully saturated rings. The standard InChI is InChI=1S/C25H21BrN4O2.C24H22F3N5O.C23H23FN6O/c1-30(27-16-17-8-13-23(31)24(14-17)32-2)25-28-21(18-6-4-3-5-7-18)15-22(29-25)19-9-11-20(26)12-10-19;1-31-12-18(21-22(28)29-13-30-23(21)31)15-5-6-19-16(11-15)7-8-32(19)20(33)10-14-3-2-4-17(9-14)24(25,26)27;1-13-4-3-5-14(28-13)10-19(31)30-9-8-16-18(30)7-6-15(21(16)24)17-11-29(2)23-20(17)22(25)26-12-27-23/h3-16,31H,1-2H3;2-6,9,11-13,21-22H,7-8,10,28H2,1H3;3-7,11-12,20,22H,8-10,25H2,1-2H3/b27-16-;;. The second-order valence-corrected chi connectivity index (χ2v) is 24.4. The highest BCUT2D eigenvalue weighted by Gasteiger charge is 2.40. The molecule has 8 heterocycles. The number of hydrogen-bond donors (Lipinski definition) is 3. The zero-order chi connectivity index (χ0) is 67.5. The summed E-state index contributed by atoms with van der Waals surface area (Å²) in [6, 6.07) is 45.0. The van der Waals surface area contributed by atoms with E-state index < -0.39 is 24.1 Å². The van der Waals surface area contributed by atoms with Gasteiger partial charge in [0.2, 0.25) is 17.8 Å². The van der Waals surface area contributed by atoms with Crippen LogP contribution in [-0.2, 0) is 41.4 Å². The molecule has 0 saturated carbocycles. The number of alkyl halides is 3. The number of hydrogen-bond acceptors (Lipinski definition) is 17. The molecule has 8 aromatic rings. The van der Waals surface area contributed by atoms with Crippen molar-refractivity contribution in [3.63, 3.8) is 0 Å². The number of aromatic hydroxyl groups is 1. The van der Waals surface area contributed by atoms with Crippen LogP contribution in [0.1, 0.15) is 50.3 Å². The first kappa shape index (κ1) is 65.5. The minimum absolute atomic E-state index is 0.0797. The van der Waals surface area contributed by atoms with Crippen molar-refractivity contribution in [1.29, 1.82) is 0 Å². The van der Waals surface area contributed by atoms with Crippen LogP contribution in [0, 0.1) is 24.6 Å². The van der Waals surface area contributed by atoms with E-state index in [1.165, 1.54) is 25.9 Å². The number of aromatic nitrogens is 3. The van der Waals surface area contributed by atoms with Gasteiger partial charge in [-0.15, -0.1) is 0 Å². The Balaban J connectivity index is 0.000000138. The van der Waals surface area contributed by atoms with E-state index in [2.05, 4.69) is 52.1 Å². The lowest BCUT2D eigenvalue weighted by Crippen LogP contribution is -2.38. The largest absolute Gasteiger partial charge is 0.504 e. The zero-order valence-electron chi connectivity index (χ0n) is 52.9. The Morgan fingerprint density at radius 3 is 2.02 bits per heavy atom. The molecule has 2 amide bonds. The molecule has 4 atom stereocenters. The maximum absolute atomic E-state index is 15.6. The number of aliphatic imine (C=N–C) groups is 4. The maximum atomic E-state index is 15.6. The summed E-state index contributed by atoms with van der Waals surface area (Å²) in [5, 5.41) is 15.9. The fourth-order valence-corrected chi connectivity index (χ4v) is 12.6. The van der Waals surface area contributed by atoms with Gasteiger partial charge in [-0.05, 0) is 132 Å². The number of amidine groups is 2. The number of methoxy groups -OCH3 is 1. The number of nitrogens with two attached hydrogens (primary N) is 2. The van der Waals surface area contributed by atoms with Crippen molar-refractivity contribution >= 4 is 86.8 Å². The Bertz CT molecular complexity index is 4540. The Hall–Kier alpha value is -10.6. The van der Waals surface area contributed by atoms with Crippen LogP contribution in [0.2, 0.25) is 0 Å². The summed E-state index contributed by atoms with van der Waals surface area (Å²) in [7, 11) is 7.10. The fraction of sp³-hybridized carbons (Fsp3) is 0.222. The quantitative estimate of drug-likeness (QED) is 0.0589. The van der Waals surface area contributed by atoms with Crippen molar-refractivity contribution in [2.45, 2.75) is 51.1 Å². The molecule has 0 radical (unpaired) electrons. The maximum Gasteiger partial charge on any atom is 0.416 e. The lowest BCUT2D eigenvalue weighted by Gasteiger charge is -2.24. The molecule has 0 aliphatic carbocycles. The molecule has 6 aliphatic rings. The number of phenolic OH excluding ortho intramolecular Hbond substituents is 1. The molecule has 96 heavy (non-hydrogen) atoms. The van der Waals surface area contributed by atoms with E-state index in [0.29, 0.717) is 65.7 Å². The van der Waals surface area contributed by atoms with Crippen molar-refractivity contribution in [2.75, 3.05) is 56.2 Å². The zero-order valence-corrected chi connectivity index (χ0v) is 54.5. The van der Waals surface area contributed by atoms with Gasteiger partial charge in [-0.25, -0.2) is 29.4 Å². The molecule has 488 valence electrons. The lowest BCUT2D eigenvalue weighted by atomic mass is 9.90. The van der Waals surface area contributed by atoms with E-state index in [0.717, 1.165) is 90.0 Å². The van der Waals surface area contributed by atoms with Gasteiger partial charge in [-0.3, -0.25) is 24.6 Å². The lowest BCUT2D eigenvalue weighted by molar-refractivity contribution is -0.137. The van der Waals surface area contributed by atoms with Gasteiger partial charge < -0.3 is 40.9 Å². The summed E-state index contributed by atoms with van der Waals surface area (Å²) < 4.78 is 60.8. The molecule has 4 unspecified atom stereocenters. The van der Waals surface area contributed by atoms with E-state index in [1.54, 1.807) is 58.4 Å². The van der Waals surface area contributed by atoms with Crippen LogP contribution in [0.5, 0.6) is 11.5 Å². The van der Waals surface area contributed by atoms with Crippen LogP contribution in [0.25, 0.3) is 33.7 Å². The van der Waals surface area contributed by atoms with Crippen molar-refractivity contribution < 1.29 is 37.0 Å². The second kappa shape index (κ2) is 27.8. The molecule has 5 N–H and O–H groups in total. The van der Waals surface area contributed by atoms with Crippen molar-refractivity contribution in [3.8, 4) is 34.0 Å². The predicted octanol–water partition coefficient (Wildman–Crippen LogP) is 11.5. The molecule has 19 nitrogen and oxygen atoms in total. The number of benzene rings is 6. The highest BCUT2D eigenvalue weighted by molar-refractivity contribution is 9.10. The molecule has 0 saturated heterocycles. The Kier molecular flexibility index (Phi) is 19.0. The molecular formula is C72H66BrF4N15O4. The topological polar surface area (TPSA) is 232 Å². The SMILES string of the molecule is CN1C=C(c2ccc3c(c2)CCN3C(=O)Cc2cccc(C(F)(F)F)c2)C2C1=NC=NC2N.COc1cc(/C=N\N(C)c2nc(-c3ccccc3)cc(-c3ccc(Br)cc3)n2)ccc1O.Cc1cccc(CC(=O)N2CCc3c2ccc(C2=CN(C)C4=NC=NC(N)C24)c3F)n1. The first-order valence-corrected chi connectivity index (χ1v) is 31.6. The third kappa shape index (κ3) is 14.0. The average Bonchev–Trinajstić information content (AvgIpc) is 1.59. The molecule has 14 rings (SSSR count). The van der Waals surface area contributed by atoms with Crippen LogP contribution in [-0.4, -0.2) is 126 Å². The van der Waals surface area contributed by atoms with Crippen LogP contribution in [0.15, 0.2) is 194 Å². The van der Waals surface area contributed by atoms with Crippen LogP contribution < -0.4 is 31.0 Å². The Labute approximate surface area is 560 Å². The van der Waals surface area contributed by atoms with E-state index in [9.17, 15) is 27.9 Å². The summed E-state index contributed by atoms with van der Waals surface area (Å²) in [5.41, 5.74) is 24.2. The summed E-state index contributed by atoms with van der Waals surface area (Å²) in [4.78, 5) is 63.9. The number of anilines is 3. The number of nitrogens with zero attached hydrogens (tertiary/aromatic N) is 13. The van der Waals surface area contributed by atoms with Gasteiger partial charge in [0.25, 0.3) is 0 Å². The number of halogens is 5. The molecule has 6 aromatic carbocycles. The number of aryl methyl sites for hydroxylation is 1. The number of hydrazone groups is 1. The second-order valence-electron chi connectivity index (χ2n) is 23.5. The first-order chi connectivity index (χ1) is 46.2. The predicted molar refractivity (Wildman–Crippen MR) is 370 cm³/mol. The molecule has 0 spiro atoms. The van der Waals surface area contributed by atoms with Crippen LogP contribution in [0.3, 0.4) is 0 Å². The van der Waals surface area contributed by atoms with Crippen molar-refractivity contribution in [2.24, 2.45) is 48.4 Å². The number of pyridine rings is 1. The number of amides is 2. The van der Waals surface area contributed by atoms with Gasteiger partial charge in [-0.2, -0.15) is 18.3 Å².